The van der Waals surface area contributed by atoms with Crippen molar-refractivity contribution in [2.24, 2.45) is 0 Å². The maximum absolute atomic E-state index is 13.9. The van der Waals surface area contributed by atoms with Gasteiger partial charge < -0.3 is 10.6 Å². The summed E-state index contributed by atoms with van der Waals surface area (Å²) in [6.07, 6.45) is 5.60. The predicted molar refractivity (Wildman–Crippen MR) is 99.2 cm³/mol. The summed E-state index contributed by atoms with van der Waals surface area (Å²) >= 11 is 0. The van der Waals surface area contributed by atoms with Gasteiger partial charge in [-0.25, -0.2) is 13.8 Å². The number of carbonyl (C=O) groups excluding carboxylic acids is 2. The van der Waals surface area contributed by atoms with Gasteiger partial charge >= 0.3 is 0 Å². The zero-order valence-electron chi connectivity index (χ0n) is 14.9. The fourth-order valence-corrected chi connectivity index (χ4v) is 3.46. The standard InChI is InChI=1S/C20H18F2N4O2/c21-12-8-9-15(14(22)11-12)24-20(28)18-25-17(16-7-3-4-10-26(16)18)19(27)23-13-5-1-2-6-13/h3-4,7-11,13H,1-2,5-6H2,(H,23,27)(H,24,28). The summed E-state index contributed by atoms with van der Waals surface area (Å²) in [5.41, 5.74) is 0.441. The van der Waals surface area contributed by atoms with Gasteiger partial charge in [-0.1, -0.05) is 18.9 Å². The molecule has 0 bridgehead atoms. The first-order valence-electron chi connectivity index (χ1n) is 9.07. The largest absolute Gasteiger partial charge is 0.348 e. The molecule has 144 valence electrons. The highest BCUT2D eigenvalue weighted by Gasteiger charge is 2.25. The van der Waals surface area contributed by atoms with Gasteiger partial charge in [0, 0.05) is 18.3 Å². The van der Waals surface area contributed by atoms with Crippen molar-refractivity contribution in [2.75, 3.05) is 5.32 Å². The third-order valence-electron chi connectivity index (χ3n) is 4.84. The van der Waals surface area contributed by atoms with Crippen molar-refractivity contribution in [3.05, 3.63) is 65.7 Å². The quantitative estimate of drug-likeness (QED) is 0.723. The average Bonchev–Trinajstić information content (AvgIpc) is 3.31. The van der Waals surface area contributed by atoms with Gasteiger partial charge in [0.05, 0.1) is 11.2 Å². The number of nitrogens with zero attached hydrogens (tertiary/aromatic N) is 2. The molecule has 1 saturated carbocycles. The molecule has 1 fully saturated rings. The minimum atomic E-state index is -0.895. The summed E-state index contributed by atoms with van der Waals surface area (Å²) in [6, 6.07) is 8.09. The predicted octanol–water partition coefficient (Wildman–Crippen LogP) is 3.54. The topological polar surface area (TPSA) is 75.5 Å². The third kappa shape index (κ3) is 3.45. The fourth-order valence-electron chi connectivity index (χ4n) is 3.46. The van der Waals surface area contributed by atoms with E-state index in [0.717, 1.165) is 37.8 Å². The summed E-state index contributed by atoms with van der Waals surface area (Å²) < 4.78 is 28.4. The summed E-state index contributed by atoms with van der Waals surface area (Å²) in [5, 5.41) is 5.33. The van der Waals surface area contributed by atoms with Gasteiger partial charge in [-0.2, -0.15) is 0 Å². The molecule has 4 rings (SSSR count). The number of halogens is 2. The molecule has 2 amide bonds. The highest BCUT2D eigenvalue weighted by atomic mass is 19.1. The van der Waals surface area contributed by atoms with Crippen LogP contribution in [0.15, 0.2) is 42.6 Å². The third-order valence-corrected chi connectivity index (χ3v) is 4.84. The number of amides is 2. The van der Waals surface area contributed by atoms with Crippen LogP contribution >= 0.6 is 0 Å². The highest BCUT2D eigenvalue weighted by Crippen LogP contribution is 2.21. The Kier molecular flexibility index (Phi) is 4.77. The molecule has 1 aliphatic carbocycles. The summed E-state index contributed by atoms with van der Waals surface area (Å²) in [7, 11) is 0. The monoisotopic (exact) mass is 384 g/mol. The van der Waals surface area contributed by atoms with E-state index in [1.165, 1.54) is 4.40 Å². The minimum absolute atomic E-state index is 0.0594. The lowest BCUT2D eigenvalue weighted by Crippen LogP contribution is -2.33. The molecule has 2 heterocycles. The first-order chi connectivity index (χ1) is 13.5. The molecule has 28 heavy (non-hydrogen) atoms. The number of aromatic nitrogens is 2. The Morgan fingerprint density at radius 1 is 1.07 bits per heavy atom. The van der Waals surface area contributed by atoms with Crippen molar-refractivity contribution in [2.45, 2.75) is 31.7 Å². The van der Waals surface area contributed by atoms with Crippen LogP contribution in [-0.2, 0) is 0 Å². The van der Waals surface area contributed by atoms with Gasteiger partial charge in [-0.15, -0.1) is 0 Å². The van der Waals surface area contributed by atoms with E-state index in [9.17, 15) is 18.4 Å². The van der Waals surface area contributed by atoms with Gasteiger partial charge in [0.2, 0.25) is 5.82 Å². The molecule has 0 saturated heterocycles. The van der Waals surface area contributed by atoms with Crippen LogP contribution in [0.2, 0.25) is 0 Å². The number of anilines is 1. The van der Waals surface area contributed by atoms with Crippen LogP contribution in [0.1, 0.15) is 46.8 Å². The van der Waals surface area contributed by atoms with Crippen LogP contribution in [0.25, 0.3) is 5.52 Å². The molecule has 1 aliphatic rings. The van der Waals surface area contributed by atoms with Gasteiger partial charge in [-0.05, 0) is 37.1 Å². The molecule has 0 atom stereocenters. The lowest BCUT2D eigenvalue weighted by molar-refractivity contribution is 0.0935. The Morgan fingerprint density at radius 3 is 2.61 bits per heavy atom. The SMILES string of the molecule is O=C(NC1CCCC1)c1nc(C(=O)Nc2ccc(F)cc2F)n2ccccc12. The number of pyridine rings is 1. The van der Waals surface area contributed by atoms with Gasteiger partial charge in [0.1, 0.15) is 11.6 Å². The number of hydrogen-bond acceptors (Lipinski definition) is 3. The molecule has 2 N–H and O–H groups in total. The first-order valence-corrected chi connectivity index (χ1v) is 9.07. The molecule has 0 aliphatic heterocycles. The number of hydrogen-bond donors (Lipinski definition) is 2. The fraction of sp³-hybridized carbons (Fsp3) is 0.250. The second-order valence-corrected chi connectivity index (χ2v) is 6.77. The van der Waals surface area contributed by atoms with Crippen LogP contribution in [-0.4, -0.2) is 27.2 Å². The van der Waals surface area contributed by atoms with E-state index in [2.05, 4.69) is 15.6 Å². The van der Waals surface area contributed by atoms with E-state index in [1.54, 1.807) is 24.4 Å². The smallest absolute Gasteiger partial charge is 0.292 e. The van der Waals surface area contributed by atoms with Gasteiger partial charge in [-0.3, -0.25) is 14.0 Å². The van der Waals surface area contributed by atoms with Gasteiger partial charge in [0.15, 0.2) is 5.69 Å². The molecular formula is C20H18F2N4O2. The number of imidazole rings is 1. The zero-order chi connectivity index (χ0) is 19.7. The minimum Gasteiger partial charge on any atom is -0.348 e. The van der Waals surface area contributed by atoms with Crippen LogP contribution in [0.5, 0.6) is 0 Å². The number of carbonyl (C=O) groups is 2. The Bertz CT molecular complexity index is 1060. The molecule has 0 radical (unpaired) electrons. The van der Waals surface area contributed by atoms with Crippen LogP contribution in [0, 0.1) is 11.6 Å². The lowest BCUT2D eigenvalue weighted by atomic mass is 10.2. The Labute approximate surface area is 159 Å². The van der Waals surface area contributed by atoms with E-state index >= 15 is 0 Å². The van der Waals surface area contributed by atoms with E-state index in [1.807, 2.05) is 0 Å². The molecule has 1 aromatic carbocycles. The molecule has 0 unspecified atom stereocenters. The number of rotatable bonds is 4. The Morgan fingerprint density at radius 2 is 1.86 bits per heavy atom. The average molecular weight is 384 g/mol. The molecular weight excluding hydrogens is 366 g/mol. The van der Waals surface area contributed by atoms with Crippen LogP contribution in [0.4, 0.5) is 14.5 Å². The van der Waals surface area contributed by atoms with Crippen LogP contribution in [0.3, 0.4) is 0 Å². The molecule has 2 aromatic heterocycles. The normalized spacial score (nSPS) is 14.4. The van der Waals surface area contributed by atoms with E-state index < -0.39 is 17.5 Å². The highest BCUT2D eigenvalue weighted by molar-refractivity contribution is 6.06. The van der Waals surface area contributed by atoms with Crippen molar-refractivity contribution >= 4 is 23.0 Å². The molecule has 6 nitrogen and oxygen atoms in total. The van der Waals surface area contributed by atoms with E-state index in [-0.39, 0.29) is 29.2 Å². The van der Waals surface area contributed by atoms with Crippen LogP contribution < -0.4 is 10.6 Å². The molecule has 8 heteroatoms. The number of nitrogens with one attached hydrogen (secondary N) is 2. The van der Waals surface area contributed by atoms with Crippen molar-refractivity contribution in [1.29, 1.82) is 0 Å². The lowest BCUT2D eigenvalue weighted by Gasteiger charge is -2.10. The number of benzene rings is 1. The Hall–Kier alpha value is -3.29. The van der Waals surface area contributed by atoms with Crippen molar-refractivity contribution < 1.29 is 18.4 Å². The van der Waals surface area contributed by atoms with Crippen molar-refractivity contribution in [1.82, 2.24) is 14.7 Å². The van der Waals surface area contributed by atoms with Crippen molar-refractivity contribution in [3.63, 3.8) is 0 Å². The van der Waals surface area contributed by atoms with E-state index in [4.69, 9.17) is 0 Å². The summed E-state index contributed by atoms with van der Waals surface area (Å²) in [4.78, 5) is 29.6. The van der Waals surface area contributed by atoms with Gasteiger partial charge in [0.25, 0.3) is 11.8 Å². The molecule has 0 spiro atoms. The van der Waals surface area contributed by atoms with Crippen molar-refractivity contribution in [3.8, 4) is 0 Å². The second-order valence-electron chi connectivity index (χ2n) is 6.77. The second kappa shape index (κ2) is 7.38. The maximum atomic E-state index is 13.9. The summed E-state index contributed by atoms with van der Waals surface area (Å²) in [5.74, 6) is -2.74. The molecule has 3 aromatic rings. The Balaban J connectivity index is 1.65. The first kappa shape index (κ1) is 18.1. The summed E-state index contributed by atoms with van der Waals surface area (Å²) in [6.45, 7) is 0. The van der Waals surface area contributed by atoms with E-state index in [0.29, 0.717) is 11.6 Å². The zero-order valence-corrected chi connectivity index (χ0v) is 14.9. The maximum Gasteiger partial charge on any atom is 0.292 e. The number of fused-ring (bicyclic) bond motifs is 1.